The van der Waals surface area contributed by atoms with Gasteiger partial charge in [-0.25, -0.2) is 0 Å². The Hall–Kier alpha value is -2.01. The van der Waals surface area contributed by atoms with Crippen LogP contribution >= 0.6 is 23.2 Å². The first kappa shape index (κ1) is 17.4. The minimum absolute atomic E-state index is 0.245. The standard InChI is InChI=1S/C20H18Cl2N2O2/c1-2-26-20(25)17-10-14-12-5-3-4-6-16(12)23-19(14)18(24-17)13-8-7-11(21)9-15(13)22/h3-9,17-18,23-24H,2,10H2,1H3/t17-,18+/m1/s1. The number of esters is 1. The molecule has 2 aromatic carbocycles. The average molecular weight is 389 g/mol. The van der Waals surface area contributed by atoms with Gasteiger partial charge in [-0.05, 0) is 36.2 Å². The number of halogens is 2. The Balaban J connectivity index is 1.86. The summed E-state index contributed by atoms with van der Waals surface area (Å²) in [6.07, 6.45) is 0.569. The van der Waals surface area contributed by atoms with Crippen LogP contribution in [0.1, 0.15) is 29.8 Å². The van der Waals surface area contributed by atoms with Crippen molar-refractivity contribution in [3.8, 4) is 0 Å². The molecule has 4 nitrogen and oxygen atoms in total. The van der Waals surface area contributed by atoms with Gasteiger partial charge in [0.25, 0.3) is 0 Å². The van der Waals surface area contributed by atoms with Crippen LogP contribution in [0.25, 0.3) is 10.9 Å². The van der Waals surface area contributed by atoms with Crippen molar-refractivity contribution < 1.29 is 9.53 Å². The van der Waals surface area contributed by atoms with Gasteiger partial charge in [-0.15, -0.1) is 0 Å². The fourth-order valence-corrected chi connectivity index (χ4v) is 4.13. The van der Waals surface area contributed by atoms with E-state index in [1.165, 1.54) is 0 Å². The van der Waals surface area contributed by atoms with E-state index in [0.717, 1.165) is 27.7 Å². The highest BCUT2D eigenvalue weighted by molar-refractivity contribution is 6.35. The van der Waals surface area contributed by atoms with Crippen molar-refractivity contribution in [3.05, 3.63) is 69.3 Å². The third-order valence-electron chi connectivity index (χ3n) is 4.76. The summed E-state index contributed by atoms with van der Waals surface area (Å²) >= 11 is 12.5. The quantitative estimate of drug-likeness (QED) is 0.642. The molecule has 4 rings (SSSR count). The normalized spacial score (nSPS) is 19.3. The maximum atomic E-state index is 12.4. The number of hydrogen-bond donors (Lipinski definition) is 2. The van der Waals surface area contributed by atoms with Crippen molar-refractivity contribution >= 4 is 40.1 Å². The number of ether oxygens (including phenoxy) is 1. The molecule has 1 aliphatic heterocycles. The molecule has 0 saturated carbocycles. The maximum absolute atomic E-state index is 12.4. The topological polar surface area (TPSA) is 54.1 Å². The Morgan fingerprint density at radius 3 is 2.81 bits per heavy atom. The van der Waals surface area contributed by atoms with Gasteiger partial charge in [0.1, 0.15) is 6.04 Å². The number of fused-ring (bicyclic) bond motifs is 3. The molecule has 2 heterocycles. The summed E-state index contributed by atoms with van der Waals surface area (Å²) < 4.78 is 5.25. The number of nitrogens with one attached hydrogen (secondary N) is 2. The lowest BCUT2D eigenvalue weighted by Crippen LogP contribution is -2.45. The molecular weight excluding hydrogens is 371 g/mol. The van der Waals surface area contributed by atoms with Crippen molar-refractivity contribution in [2.75, 3.05) is 6.61 Å². The Morgan fingerprint density at radius 1 is 1.23 bits per heavy atom. The molecule has 3 aromatic rings. The smallest absolute Gasteiger partial charge is 0.323 e. The van der Waals surface area contributed by atoms with E-state index in [9.17, 15) is 4.79 Å². The number of carbonyl (C=O) groups excluding carboxylic acids is 1. The second-order valence-electron chi connectivity index (χ2n) is 6.34. The second-order valence-corrected chi connectivity index (χ2v) is 7.18. The molecule has 1 aliphatic rings. The Labute approximate surface area is 161 Å². The van der Waals surface area contributed by atoms with Crippen LogP contribution in [0, 0.1) is 0 Å². The summed E-state index contributed by atoms with van der Waals surface area (Å²) in [7, 11) is 0. The van der Waals surface area contributed by atoms with Crippen LogP contribution < -0.4 is 5.32 Å². The van der Waals surface area contributed by atoms with Crippen LogP contribution in [0.4, 0.5) is 0 Å². The maximum Gasteiger partial charge on any atom is 0.323 e. The monoisotopic (exact) mass is 388 g/mol. The van der Waals surface area contributed by atoms with Crippen molar-refractivity contribution in [1.82, 2.24) is 10.3 Å². The van der Waals surface area contributed by atoms with E-state index in [1.54, 1.807) is 12.1 Å². The number of H-pyrrole nitrogens is 1. The fourth-order valence-electron chi connectivity index (χ4n) is 3.61. The van der Waals surface area contributed by atoms with E-state index in [1.807, 2.05) is 31.2 Å². The minimum atomic E-state index is -0.432. The molecule has 0 aliphatic carbocycles. The fraction of sp³-hybridized carbons (Fsp3) is 0.250. The summed E-state index contributed by atoms with van der Waals surface area (Å²) in [6, 6.07) is 12.8. The Kier molecular flexibility index (Phi) is 4.65. The van der Waals surface area contributed by atoms with Crippen LogP contribution in [0.2, 0.25) is 10.0 Å². The summed E-state index contributed by atoms with van der Waals surface area (Å²) in [5.41, 5.74) is 4.06. The van der Waals surface area contributed by atoms with Gasteiger partial charge in [0.2, 0.25) is 0 Å². The van der Waals surface area contributed by atoms with E-state index < -0.39 is 6.04 Å². The van der Waals surface area contributed by atoms with Crippen LogP contribution in [-0.4, -0.2) is 23.6 Å². The van der Waals surface area contributed by atoms with Crippen molar-refractivity contribution in [2.45, 2.75) is 25.4 Å². The molecule has 0 fully saturated rings. The lowest BCUT2D eigenvalue weighted by atomic mass is 9.90. The predicted molar refractivity (Wildman–Crippen MR) is 104 cm³/mol. The summed E-state index contributed by atoms with van der Waals surface area (Å²) in [5, 5.41) is 5.65. The van der Waals surface area contributed by atoms with Crippen LogP contribution in [0.5, 0.6) is 0 Å². The minimum Gasteiger partial charge on any atom is -0.465 e. The zero-order valence-electron chi connectivity index (χ0n) is 14.2. The average Bonchev–Trinajstić information content (AvgIpc) is 3.00. The van der Waals surface area contributed by atoms with Crippen molar-refractivity contribution in [2.24, 2.45) is 0 Å². The van der Waals surface area contributed by atoms with Crippen LogP contribution in [0.15, 0.2) is 42.5 Å². The van der Waals surface area contributed by atoms with E-state index in [4.69, 9.17) is 27.9 Å². The van der Waals surface area contributed by atoms with Crippen LogP contribution in [0.3, 0.4) is 0 Å². The first-order valence-electron chi connectivity index (χ1n) is 8.55. The lowest BCUT2D eigenvalue weighted by Gasteiger charge is -2.31. The predicted octanol–water partition coefficient (Wildman–Crippen LogP) is 4.64. The molecule has 0 amide bonds. The van der Waals surface area contributed by atoms with Gasteiger partial charge in [0.15, 0.2) is 0 Å². The lowest BCUT2D eigenvalue weighted by molar-refractivity contribution is -0.146. The number of para-hydroxylation sites is 1. The van der Waals surface area contributed by atoms with Gasteiger partial charge in [-0.1, -0.05) is 47.5 Å². The third-order valence-corrected chi connectivity index (χ3v) is 5.32. The number of aromatic nitrogens is 1. The van der Waals surface area contributed by atoms with Gasteiger partial charge < -0.3 is 9.72 Å². The van der Waals surface area contributed by atoms with Gasteiger partial charge in [0.05, 0.1) is 12.6 Å². The van der Waals surface area contributed by atoms with Crippen molar-refractivity contribution in [3.63, 3.8) is 0 Å². The highest BCUT2D eigenvalue weighted by Gasteiger charge is 2.35. The molecule has 0 bridgehead atoms. The second kappa shape index (κ2) is 6.95. The molecule has 2 N–H and O–H groups in total. The summed E-state index contributed by atoms with van der Waals surface area (Å²) in [6.45, 7) is 2.16. The van der Waals surface area contributed by atoms with Crippen LogP contribution in [-0.2, 0) is 16.0 Å². The number of carbonyl (C=O) groups is 1. The summed E-state index contributed by atoms with van der Waals surface area (Å²) in [4.78, 5) is 15.9. The zero-order valence-corrected chi connectivity index (χ0v) is 15.7. The number of aromatic amines is 1. The Morgan fingerprint density at radius 2 is 2.04 bits per heavy atom. The SMILES string of the molecule is CCOC(=O)[C@H]1Cc2c([nH]c3ccccc23)[C@H](c2ccc(Cl)cc2Cl)N1. The molecule has 0 radical (unpaired) electrons. The van der Waals surface area contributed by atoms with Gasteiger partial charge >= 0.3 is 5.97 Å². The highest BCUT2D eigenvalue weighted by Crippen LogP contribution is 2.38. The molecular formula is C20H18Cl2N2O2. The molecule has 134 valence electrons. The first-order chi connectivity index (χ1) is 12.6. The number of hydrogen-bond acceptors (Lipinski definition) is 3. The highest BCUT2D eigenvalue weighted by atomic mass is 35.5. The molecule has 1 aromatic heterocycles. The van der Waals surface area contributed by atoms with E-state index in [0.29, 0.717) is 23.1 Å². The zero-order chi connectivity index (χ0) is 18.3. The van der Waals surface area contributed by atoms with E-state index in [-0.39, 0.29) is 12.0 Å². The van der Waals surface area contributed by atoms with Gasteiger partial charge in [-0.3, -0.25) is 10.1 Å². The Bertz CT molecular complexity index is 983. The summed E-state index contributed by atoms with van der Waals surface area (Å²) in [5.74, 6) is -0.251. The van der Waals surface area contributed by atoms with E-state index >= 15 is 0 Å². The van der Waals surface area contributed by atoms with Crippen molar-refractivity contribution in [1.29, 1.82) is 0 Å². The van der Waals surface area contributed by atoms with Gasteiger partial charge in [-0.2, -0.15) is 0 Å². The molecule has 2 atom stereocenters. The molecule has 0 unspecified atom stereocenters. The number of rotatable bonds is 3. The number of benzene rings is 2. The molecule has 0 saturated heterocycles. The van der Waals surface area contributed by atoms with E-state index in [2.05, 4.69) is 16.4 Å². The largest absolute Gasteiger partial charge is 0.465 e. The third kappa shape index (κ3) is 2.98. The molecule has 0 spiro atoms. The molecule has 26 heavy (non-hydrogen) atoms. The first-order valence-corrected chi connectivity index (χ1v) is 9.31. The van der Waals surface area contributed by atoms with Gasteiger partial charge in [0, 0.05) is 33.1 Å². The molecule has 6 heteroatoms.